The number of benzene rings is 2. The number of rotatable bonds is 4. The molecule has 1 unspecified atom stereocenters. The van der Waals surface area contributed by atoms with E-state index in [1.165, 1.54) is 21.2 Å². The molecule has 0 amide bonds. The quantitative estimate of drug-likeness (QED) is 0.718. The molecule has 1 heterocycles. The van der Waals surface area contributed by atoms with Gasteiger partial charge in [0.15, 0.2) is 0 Å². The normalized spacial score (nSPS) is 12.7. The second kappa shape index (κ2) is 6.08. The molecule has 3 heteroatoms. The first-order chi connectivity index (χ1) is 9.72. The van der Waals surface area contributed by atoms with Crippen molar-refractivity contribution in [2.45, 2.75) is 18.9 Å². The molecule has 3 rings (SSSR count). The van der Waals surface area contributed by atoms with Gasteiger partial charge in [0.1, 0.15) is 0 Å². The van der Waals surface area contributed by atoms with E-state index in [2.05, 4.69) is 58.4 Å². The number of aliphatic hydroxyl groups is 1. The monoisotopic (exact) mass is 346 g/mol. The van der Waals surface area contributed by atoms with Gasteiger partial charge in [-0.2, -0.15) is 0 Å². The van der Waals surface area contributed by atoms with Crippen LogP contribution in [0.2, 0.25) is 0 Å². The largest absolute Gasteiger partial charge is 0.392 e. The molecule has 3 aromatic rings. The molecule has 0 saturated carbocycles. The highest BCUT2D eigenvalue weighted by atomic mass is 79.9. The predicted octanol–water partition coefficient (Wildman–Crippen LogP) is 4.81. The van der Waals surface area contributed by atoms with Crippen molar-refractivity contribution in [3.8, 4) is 0 Å². The zero-order valence-electron chi connectivity index (χ0n) is 10.9. The average Bonchev–Trinajstić information content (AvgIpc) is 2.84. The fraction of sp³-hybridized carbons (Fsp3) is 0.176. The first-order valence-corrected chi connectivity index (χ1v) is 8.22. The highest BCUT2D eigenvalue weighted by Gasteiger charge is 2.10. The highest BCUT2D eigenvalue weighted by molar-refractivity contribution is 9.11. The van der Waals surface area contributed by atoms with E-state index in [0.717, 1.165) is 3.79 Å². The molecule has 0 saturated heterocycles. The Labute approximate surface area is 131 Å². The average molecular weight is 347 g/mol. The van der Waals surface area contributed by atoms with Crippen molar-refractivity contribution in [1.29, 1.82) is 0 Å². The van der Waals surface area contributed by atoms with Crippen LogP contribution in [-0.2, 0) is 12.8 Å². The summed E-state index contributed by atoms with van der Waals surface area (Å²) in [6, 6.07) is 18.7. The van der Waals surface area contributed by atoms with E-state index in [9.17, 15) is 5.11 Å². The van der Waals surface area contributed by atoms with E-state index in [1.54, 1.807) is 11.3 Å². The Balaban J connectivity index is 1.79. The molecule has 0 fully saturated rings. The summed E-state index contributed by atoms with van der Waals surface area (Å²) in [5.41, 5.74) is 1.21. The summed E-state index contributed by atoms with van der Waals surface area (Å²) in [6.45, 7) is 0. The summed E-state index contributed by atoms with van der Waals surface area (Å²) in [4.78, 5) is 1.21. The maximum Gasteiger partial charge on any atom is 0.0701 e. The zero-order chi connectivity index (χ0) is 13.9. The van der Waals surface area contributed by atoms with Crippen LogP contribution in [0.4, 0.5) is 0 Å². The van der Waals surface area contributed by atoms with E-state index < -0.39 is 0 Å². The van der Waals surface area contributed by atoms with E-state index in [1.807, 2.05) is 12.1 Å². The van der Waals surface area contributed by atoms with Crippen molar-refractivity contribution < 1.29 is 5.11 Å². The lowest BCUT2D eigenvalue weighted by Gasteiger charge is -2.11. The Kier molecular flexibility index (Phi) is 4.20. The molecule has 0 aliphatic heterocycles. The Bertz CT molecular complexity index is 714. The predicted molar refractivity (Wildman–Crippen MR) is 89.4 cm³/mol. The lowest BCUT2D eigenvalue weighted by Crippen LogP contribution is -2.13. The molecular formula is C17H15BrOS. The van der Waals surface area contributed by atoms with Gasteiger partial charge in [0.2, 0.25) is 0 Å². The third kappa shape index (κ3) is 3.11. The smallest absolute Gasteiger partial charge is 0.0701 e. The highest BCUT2D eigenvalue weighted by Crippen LogP contribution is 2.25. The molecule has 0 spiro atoms. The third-order valence-electron chi connectivity index (χ3n) is 3.40. The van der Waals surface area contributed by atoms with Gasteiger partial charge in [0.25, 0.3) is 0 Å². The summed E-state index contributed by atoms with van der Waals surface area (Å²) in [5, 5.41) is 12.8. The molecular weight excluding hydrogens is 332 g/mol. The number of aliphatic hydroxyl groups excluding tert-OH is 1. The van der Waals surface area contributed by atoms with Crippen LogP contribution in [0.25, 0.3) is 10.8 Å². The molecule has 1 aromatic heterocycles. The third-order valence-corrected chi connectivity index (χ3v) is 5.05. The first kappa shape index (κ1) is 13.8. The fourth-order valence-corrected chi connectivity index (χ4v) is 4.04. The van der Waals surface area contributed by atoms with Crippen LogP contribution in [0.3, 0.4) is 0 Å². The van der Waals surface area contributed by atoms with Crippen molar-refractivity contribution in [1.82, 2.24) is 0 Å². The number of fused-ring (bicyclic) bond motifs is 1. The molecule has 0 bridgehead atoms. The Morgan fingerprint density at radius 1 is 0.950 bits per heavy atom. The minimum absolute atomic E-state index is 0.341. The molecule has 1 N–H and O–H groups in total. The van der Waals surface area contributed by atoms with Crippen molar-refractivity contribution in [3.63, 3.8) is 0 Å². The molecule has 0 radical (unpaired) electrons. The molecule has 0 aliphatic carbocycles. The van der Waals surface area contributed by atoms with Crippen LogP contribution in [-0.4, -0.2) is 11.2 Å². The van der Waals surface area contributed by atoms with Crippen LogP contribution in [0.5, 0.6) is 0 Å². The standard InChI is InChI=1S/C17H15BrOS/c18-17-9-8-15(20-17)11-14(19)10-13-6-3-5-12-4-1-2-7-16(12)13/h1-9,14,19H,10-11H2. The van der Waals surface area contributed by atoms with Crippen molar-refractivity contribution in [2.24, 2.45) is 0 Å². The Hall–Kier alpha value is -1.16. The first-order valence-electron chi connectivity index (χ1n) is 6.61. The lowest BCUT2D eigenvalue weighted by molar-refractivity contribution is 0.176. The van der Waals surface area contributed by atoms with Gasteiger partial charge in [-0.05, 0) is 50.8 Å². The van der Waals surface area contributed by atoms with Gasteiger partial charge in [-0.15, -0.1) is 11.3 Å². The van der Waals surface area contributed by atoms with Gasteiger partial charge in [0, 0.05) is 11.3 Å². The lowest BCUT2D eigenvalue weighted by atomic mass is 9.98. The number of thiophene rings is 1. The van der Waals surface area contributed by atoms with Gasteiger partial charge in [0.05, 0.1) is 9.89 Å². The van der Waals surface area contributed by atoms with Crippen LogP contribution < -0.4 is 0 Å². The summed E-state index contributed by atoms with van der Waals surface area (Å²) < 4.78 is 1.12. The number of hydrogen-bond donors (Lipinski definition) is 1. The van der Waals surface area contributed by atoms with Gasteiger partial charge >= 0.3 is 0 Å². The minimum atomic E-state index is -0.341. The van der Waals surface area contributed by atoms with E-state index in [-0.39, 0.29) is 6.10 Å². The van der Waals surface area contributed by atoms with E-state index in [4.69, 9.17) is 0 Å². The van der Waals surface area contributed by atoms with Crippen LogP contribution in [0.1, 0.15) is 10.4 Å². The molecule has 102 valence electrons. The maximum absolute atomic E-state index is 10.3. The molecule has 1 atom stereocenters. The van der Waals surface area contributed by atoms with Crippen LogP contribution in [0.15, 0.2) is 58.4 Å². The van der Waals surface area contributed by atoms with Crippen LogP contribution in [0, 0.1) is 0 Å². The SMILES string of the molecule is OC(Cc1ccc(Br)s1)Cc1cccc2ccccc12. The van der Waals surface area contributed by atoms with Crippen molar-refractivity contribution >= 4 is 38.0 Å². The summed E-state index contributed by atoms with van der Waals surface area (Å²) in [7, 11) is 0. The topological polar surface area (TPSA) is 20.2 Å². The van der Waals surface area contributed by atoms with E-state index in [0.29, 0.717) is 12.8 Å². The maximum atomic E-state index is 10.3. The van der Waals surface area contributed by atoms with Gasteiger partial charge in [-0.25, -0.2) is 0 Å². The zero-order valence-corrected chi connectivity index (χ0v) is 13.3. The molecule has 0 aliphatic rings. The van der Waals surface area contributed by atoms with Crippen molar-refractivity contribution in [3.05, 3.63) is 68.8 Å². The van der Waals surface area contributed by atoms with E-state index >= 15 is 0 Å². The number of hydrogen-bond acceptors (Lipinski definition) is 2. The summed E-state index contributed by atoms with van der Waals surface area (Å²) in [5.74, 6) is 0. The molecule has 1 nitrogen and oxygen atoms in total. The Morgan fingerprint density at radius 2 is 1.75 bits per heavy atom. The minimum Gasteiger partial charge on any atom is -0.392 e. The second-order valence-electron chi connectivity index (χ2n) is 4.91. The van der Waals surface area contributed by atoms with Gasteiger partial charge in [-0.1, -0.05) is 42.5 Å². The Morgan fingerprint density at radius 3 is 2.55 bits per heavy atom. The molecule has 2 aromatic carbocycles. The van der Waals surface area contributed by atoms with Gasteiger partial charge in [-0.3, -0.25) is 0 Å². The number of halogens is 1. The summed E-state index contributed by atoms with van der Waals surface area (Å²) in [6.07, 6.45) is 1.06. The molecule has 20 heavy (non-hydrogen) atoms. The van der Waals surface area contributed by atoms with Gasteiger partial charge < -0.3 is 5.11 Å². The fourth-order valence-electron chi connectivity index (χ4n) is 2.49. The van der Waals surface area contributed by atoms with Crippen LogP contribution >= 0.6 is 27.3 Å². The summed E-state index contributed by atoms with van der Waals surface area (Å²) >= 11 is 5.15. The second-order valence-corrected chi connectivity index (χ2v) is 7.45. The van der Waals surface area contributed by atoms with Crippen molar-refractivity contribution in [2.75, 3.05) is 0 Å².